The summed E-state index contributed by atoms with van der Waals surface area (Å²) >= 11 is 0. The molecule has 1 unspecified atom stereocenters. The van der Waals surface area contributed by atoms with Crippen molar-refractivity contribution in [1.29, 1.82) is 0 Å². The molecule has 0 aromatic carbocycles. The van der Waals surface area contributed by atoms with E-state index in [1.165, 1.54) is 0 Å². The van der Waals surface area contributed by atoms with Crippen molar-refractivity contribution >= 4 is 16.7 Å². The number of hydrogen-bond donors (Lipinski definition) is 0. The number of carbonyl (C=O) groups excluding carboxylic acids is 1. The summed E-state index contributed by atoms with van der Waals surface area (Å²) in [6.07, 6.45) is 1.78. The maximum atomic E-state index is 11.9. The van der Waals surface area contributed by atoms with Crippen LogP contribution in [-0.4, -0.2) is 38.6 Å². The fourth-order valence-corrected chi connectivity index (χ4v) is 3.74. The van der Waals surface area contributed by atoms with E-state index in [-0.39, 0.29) is 10.7 Å². The molecule has 0 aromatic heterocycles. The normalized spacial score (nSPS) is 26.2. The van der Waals surface area contributed by atoms with Gasteiger partial charge in [-0.3, -0.25) is 9.00 Å². The van der Waals surface area contributed by atoms with Crippen LogP contribution >= 0.6 is 0 Å². The van der Waals surface area contributed by atoms with Gasteiger partial charge < -0.3 is 4.90 Å². The first-order chi connectivity index (χ1) is 6.55. The lowest BCUT2D eigenvalue weighted by molar-refractivity contribution is -0.129. The Kier molecular flexibility index (Phi) is 3.70. The maximum absolute atomic E-state index is 11.9. The van der Waals surface area contributed by atoms with Gasteiger partial charge in [0.05, 0.1) is 4.75 Å². The fourth-order valence-electron chi connectivity index (χ4n) is 1.97. The molecule has 1 aliphatic heterocycles. The minimum atomic E-state index is -0.768. The molecule has 0 radical (unpaired) electrons. The lowest BCUT2D eigenvalue weighted by Gasteiger charge is -2.40. The van der Waals surface area contributed by atoms with Crippen LogP contribution in [0, 0.1) is 0 Å². The van der Waals surface area contributed by atoms with E-state index in [1.54, 1.807) is 6.92 Å². The van der Waals surface area contributed by atoms with Gasteiger partial charge in [0.25, 0.3) is 0 Å². The second kappa shape index (κ2) is 4.43. The lowest BCUT2D eigenvalue weighted by atomic mass is 10.0. The van der Waals surface area contributed by atoms with Gasteiger partial charge in [0, 0.05) is 36.6 Å². The van der Waals surface area contributed by atoms with Gasteiger partial charge in [-0.25, -0.2) is 0 Å². The van der Waals surface area contributed by atoms with Crippen LogP contribution in [-0.2, 0) is 15.6 Å². The van der Waals surface area contributed by atoms with Crippen molar-refractivity contribution in [3.63, 3.8) is 0 Å². The molecule has 0 aromatic rings. The third kappa shape index (κ3) is 2.00. The Morgan fingerprint density at radius 2 is 2.00 bits per heavy atom. The van der Waals surface area contributed by atoms with Crippen molar-refractivity contribution in [1.82, 2.24) is 4.90 Å². The number of rotatable bonds is 2. The highest BCUT2D eigenvalue weighted by atomic mass is 32.2. The number of nitrogens with zero attached hydrogens (tertiary/aromatic N) is 1. The van der Waals surface area contributed by atoms with Crippen molar-refractivity contribution in [3.8, 4) is 0 Å². The second-order valence-electron chi connectivity index (χ2n) is 3.88. The van der Waals surface area contributed by atoms with Gasteiger partial charge in [-0.2, -0.15) is 0 Å². The summed E-state index contributed by atoms with van der Waals surface area (Å²) in [5.74, 6) is 0.745. The van der Waals surface area contributed by atoms with Crippen molar-refractivity contribution in [3.05, 3.63) is 0 Å². The van der Waals surface area contributed by atoms with Gasteiger partial charge in [-0.05, 0) is 12.8 Å². The zero-order chi connectivity index (χ0) is 10.8. The summed E-state index contributed by atoms with van der Waals surface area (Å²) in [5.41, 5.74) is 0. The summed E-state index contributed by atoms with van der Waals surface area (Å²) in [6, 6.07) is 0. The predicted octanol–water partition coefficient (Wildman–Crippen LogP) is 1.16. The fraction of sp³-hybridized carbons (Fsp3) is 0.900. The van der Waals surface area contributed by atoms with E-state index in [1.807, 2.05) is 4.90 Å². The third-order valence-electron chi connectivity index (χ3n) is 3.24. The van der Waals surface area contributed by atoms with E-state index in [0.29, 0.717) is 18.8 Å². The van der Waals surface area contributed by atoms with Crippen molar-refractivity contribution < 1.29 is 9.00 Å². The minimum Gasteiger partial charge on any atom is -0.341 e. The highest BCUT2D eigenvalue weighted by Gasteiger charge is 2.39. The molecule has 0 spiro atoms. The topological polar surface area (TPSA) is 37.4 Å². The van der Waals surface area contributed by atoms with Crippen molar-refractivity contribution in [2.75, 3.05) is 18.8 Å². The van der Waals surface area contributed by atoms with Crippen LogP contribution in [0.25, 0.3) is 0 Å². The number of hydrogen-bond acceptors (Lipinski definition) is 2. The average molecular weight is 217 g/mol. The highest BCUT2D eigenvalue weighted by molar-refractivity contribution is 7.86. The molecule has 1 atom stereocenters. The van der Waals surface area contributed by atoms with Crippen molar-refractivity contribution in [2.24, 2.45) is 0 Å². The van der Waals surface area contributed by atoms with Crippen LogP contribution in [0.15, 0.2) is 0 Å². The van der Waals surface area contributed by atoms with E-state index in [4.69, 9.17) is 0 Å². The second-order valence-corrected chi connectivity index (χ2v) is 5.85. The molecule has 3 nitrogen and oxygen atoms in total. The molecule has 1 aliphatic rings. The summed E-state index contributed by atoms with van der Waals surface area (Å²) in [6.45, 7) is 7.03. The molecule has 1 fully saturated rings. The monoisotopic (exact) mass is 217 g/mol. The third-order valence-corrected chi connectivity index (χ3v) is 5.47. The van der Waals surface area contributed by atoms with Gasteiger partial charge >= 0.3 is 0 Å². The molecule has 82 valence electrons. The van der Waals surface area contributed by atoms with Crippen molar-refractivity contribution in [2.45, 2.75) is 38.4 Å². The molecular weight excluding hydrogens is 198 g/mol. The van der Waals surface area contributed by atoms with Crippen LogP contribution in [0.2, 0.25) is 0 Å². The van der Waals surface area contributed by atoms with E-state index in [2.05, 4.69) is 13.8 Å². The Balaban J connectivity index is 2.82. The number of carbonyl (C=O) groups is 1. The Hall–Kier alpha value is -0.380. The summed E-state index contributed by atoms with van der Waals surface area (Å²) < 4.78 is 11.8. The zero-order valence-electron chi connectivity index (χ0n) is 9.21. The molecule has 1 heterocycles. The lowest BCUT2D eigenvalue weighted by Crippen LogP contribution is -2.54. The first-order valence-electron chi connectivity index (χ1n) is 5.19. The molecule has 14 heavy (non-hydrogen) atoms. The quantitative estimate of drug-likeness (QED) is 0.696. The van der Waals surface area contributed by atoms with Crippen LogP contribution in [0.4, 0.5) is 0 Å². The average Bonchev–Trinajstić information content (AvgIpc) is 2.19. The molecular formula is C10H19NO2S. The molecule has 1 saturated heterocycles. The molecule has 4 heteroatoms. The molecule has 1 amide bonds. The Morgan fingerprint density at radius 3 is 2.43 bits per heavy atom. The molecule has 0 bridgehead atoms. The van der Waals surface area contributed by atoms with Crippen LogP contribution < -0.4 is 0 Å². The van der Waals surface area contributed by atoms with E-state index in [0.717, 1.165) is 12.8 Å². The molecule has 1 rings (SSSR count). The maximum Gasteiger partial charge on any atom is 0.219 e. The van der Waals surface area contributed by atoms with Gasteiger partial charge in [0.15, 0.2) is 0 Å². The minimum absolute atomic E-state index is 0.105. The predicted molar refractivity (Wildman–Crippen MR) is 58.6 cm³/mol. The zero-order valence-corrected chi connectivity index (χ0v) is 10.0. The van der Waals surface area contributed by atoms with Crippen LogP contribution in [0.3, 0.4) is 0 Å². The SMILES string of the molecule is CCC1(CC)CN(C(C)=O)CCS1=O. The van der Waals surface area contributed by atoms with Crippen LogP contribution in [0.5, 0.6) is 0 Å². The van der Waals surface area contributed by atoms with Gasteiger partial charge in [0.1, 0.15) is 0 Å². The Morgan fingerprint density at radius 1 is 1.43 bits per heavy atom. The number of amides is 1. The largest absolute Gasteiger partial charge is 0.341 e. The Bertz CT molecular complexity index is 249. The molecule has 0 aliphatic carbocycles. The van der Waals surface area contributed by atoms with Gasteiger partial charge in [-0.15, -0.1) is 0 Å². The van der Waals surface area contributed by atoms with E-state index < -0.39 is 10.8 Å². The first kappa shape index (κ1) is 11.7. The summed E-state index contributed by atoms with van der Waals surface area (Å²) in [5, 5.41) is 0. The van der Waals surface area contributed by atoms with Crippen LogP contribution in [0.1, 0.15) is 33.6 Å². The van der Waals surface area contributed by atoms with E-state index >= 15 is 0 Å². The first-order valence-corrected chi connectivity index (χ1v) is 6.51. The molecule has 0 N–H and O–H groups in total. The summed E-state index contributed by atoms with van der Waals surface area (Å²) in [7, 11) is -0.768. The molecule has 0 saturated carbocycles. The smallest absolute Gasteiger partial charge is 0.219 e. The highest BCUT2D eigenvalue weighted by Crippen LogP contribution is 2.28. The standard InChI is InChI=1S/C10H19NO2S/c1-4-10(5-2)8-11(9(3)12)6-7-14(10)13/h4-8H2,1-3H3. The van der Waals surface area contributed by atoms with Gasteiger partial charge in [0.2, 0.25) is 5.91 Å². The van der Waals surface area contributed by atoms with Gasteiger partial charge in [-0.1, -0.05) is 13.8 Å². The Labute approximate surface area is 88.3 Å². The van der Waals surface area contributed by atoms with E-state index in [9.17, 15) is 9.00 Å². The summed E-state index contributed by atoms with van der Waals surface area (Å²) in [4.78, 5) is 13.1.